The minimum Gasteiger partial charge on any atom is -0.463 e. The monoisotopic (exact) mass is 1450 g/mol. The van der Waals surface area contributed by atoms with Crippen LogP contribution < -0.4 is 0 Å². The summed E-state index contributed by atoms with van der Waals surface area (Å²) >= 11 is 0. The van der Waals surface area contributed by atoms with Crippen molar-refractivity contribution in [2.75, 3.05) is 46.2 Å². The number of aldehydes is 1. The normalized spacial score (nSPS) is 14.5. The van der Waals surface area contributed by atoms with E-state index >= 15 is 0 Å². The van der Waals surface area contributed by atoms with Gasteiger partial charge in [0.25, 0.3) is 0 Å². The van der Waals surface area contributed by atoms with Crippen LogP contribution in [-0.4, -0.2) is 104 Å². The zero-order valence-corrected chi connectivity index (χ0v) is 64.4. The second-order valence-electron chi connectivity index (χ2n) is 25.9. The van der Waals surface area contributed by atoms with Crippen molar-refractivity contribution in [3.05, 3.63) is 109 Å². The summed E-state index contributed by atoms with van der Waals surface area (Å²) in [5.41, 5.74) is 0. The van der Waals surface area contributed by atoms with Crippen LogP contribution in [0.25, 0.3) is 0 Å². The quantitative estimate of drug-likeness (QED) is 0.0128. The second-order valence-corrected chi connectivity index (χ2v) is 28.8. The molecule has 0 bridgehead atoms. The van der Waals surface area contributed by atoms with Crippen molar-refractivity contribution in [2.24, 2.45) is 0 Å². The molecule has 0 aliphatic rings. The molecule has 0 radical (unpaired) electrons. The Morgan fingerprint density at radius 2 is 0.600 bits per heavy atom. The van der Waals surface area contributed by atoms with Gasteiger partial charge in [-0.1, -0.05) is 239 Å². The Hall–Kier alpha value is -4.12. The predicted molar refractivity (Wildman–Crippen MR) is 409 cm³/mol. The fraction of sp³-hybridized carbons (Fsp3) is 0.728. The number of ether oxygens (including phenoxy) is 4. The molecule has 0 fully saturated rings. The van der Waals surface area contributed by atoms with Crippen LogP contribution in [-0.2, 0) is 65.4 Å². The van der Waals surface area contributed by atoms with Crippen molar-refractivity contribution < 1.29 is 80.2 Å². The molecule has 0 saturated heterocycles. The molecule has 0 aliphatic carbocycles. The van der Waals surface area contributed by atoms with Crippen molar-refractivity contribution in [3.8, 4) is 0 Å². The van der Waals surface area contributed by atoms with Crippen molar-refractivity contribution in [1.82, 2.24) is 0 Å². The molecule has 0 aromatic heterocycles. The number of rotatable bonds is 75. The summed E-state index contributed by atoms with van der Waals surface area (Å²) in [6.45, 7) is 3.34. The molecular formula is C81H140O17P2. The summed E-state index contributed by atoms with van der Waals surface area (Å²) in [5.74, 6) is -1.55. The van der Waals surface area contributed by atoms with Gasteiger partial charge in [-0.2, -0.15) is 0 Å². The summed E-state index contributed by atoms with van der Waals surface area (Å²) in [7, 11) is -9.83. The Morgan fingerprint density at radius 1 is 0.320 bits per heavy atom. The highest BCUT2D eigenvalue weighted by atomic mass is 31.2. The number of carbonyl (C=O) groups excluding carboxylic acids is 4. The first-order valence-electron chi connectivity index (χ1n) is 39.1. The molecule has 0 aromatic rings. The van der Waals surface area contributed by atoms with Crippen LogP contribution in [0.2, 0.25) is 0 Å². The molecule has 5 atom stereocenters. The average Bonchev–Trinajstić information content (AvgIpc) is 1.36. The Bertz CT molecular complexity index is 2290. The van der Waals surface area contributed by atoms with Gasteiger partial charge < -0.3 is 38.6 Å². The van der Waals surface area contributed by atoms with Crippen LogP contribution in [0, 0.1) is 0 Å². The number of aliphatic hydroxyl groups is 1. The van der Waals surface area contributed by atoms with E-state index in [2.05, 4.69) is 124 Å². The maximum atomic E-state index is 13.1. The molecule has 17 nitrogen and oxygen atoms in total. The van der Waals surface area contributed by atoms with Crippen LogP contribution in [0.4, 0.5) is 0 Å². The van der Waals surface area contributed by atoms with Gasteiger partial charge in [0.15, 0.2) is 6.10 Å². The lowest BCUT2D eigenvalue weighted by Crippen LogP contribution is -2.30. The lowest BCUT2D eigenvalue weighted by atomic mass is 10.1. The maximum absolute atomic E-state index is 13.1. The third-order valence-electron chi connectivity index (χ3n) is 16.2. The zero-order chi connectivity index (χ0) is 73.0. The Kier molecular flexibility index (Phi) is 71.5. The third-order valence-corrected chi connectivity index (χ3v) is 18.1. The van der Waals surface area contributed by atoms with Gasteiger partial charge in [-0.3, -0.25) is 32.5 Å². The van der Waals surface area contributed by atoms with Crippen LogP contribution >= 0.6 is 15.6 Å². The number of phosphoric ester groups is 2. The predicted octanol–water partition coefficient (Wildman–Crippen LogP) is 22.2. The smallest absolute Gasteiger partial charge is 0.463 e. The highest BCUT2D eigenvalue weighted by Crippen LogP contribution is 2.45. The van der Waals surface area contributed by atoms with E-state index in [0.717, 1.165) is 186 Å². The van der Waals surface area contributed by atoms with Gasteiger partial charge in [0, 0.05) is 32.3 Å². The first-order valence-corrected chi connectivity index (χ1v) is 42.1. The Labute approximate surface area is 607 Å². The number of aliphatic hydroxyl groups excluding tert-OH is 1. The molecule has 0 saturated carbocycles. The average molecular weight is 1450 g/mol. The Morgan fingerprint density at radius 3 is 0.990 bits per heavy atom. The standard InChI is InChI=1S/C81H140O17P2/c1-4-7-10-13-16-19-22-25-28-29-32-36-41-45-50-55-60-65-79(84)92-72-77(91-69-64-59-54-49-44-39-34-33-38-43-48-53-58-63-68-82)74-96-99(87,88)94-70-76(83)71-95-100(89,90)97-75-78(98-81(86)67-62-57-52-47-42-37-31-27-24-21-18-15-12-9-6-3)73-93-80(85)66-61-56-51-46-40-35-30-26-23-20-17-14-11-8-5-2/h16-21,25-28,30-34,36,45,50,68,76-78,83H,4-15,22-24,29,35,37-44,46-49,51-67,69-75H2,1-3H3,(H,87,88)(H,89,90)/b19-16-,20-17-,21-18-,28-25-,30-26-,31-27-,34-33-,36-32-,50-45-/t76-,77-,78-/m1/s1. The van der Waals surface area contributed by atoms with Crippen molar-refractivity contribution in [2.45, 2.75) is 334 Å². The van der Waals surface area contributed by atoms with Crippen LogP contribution in [0.15, 0.2) is 109 Å². The molecule has 0 amide bonds. The van der Waals surface area contributed by atoms with Gasteiger partial charge in [0.1, 0.15) is 31.7 Å². The summed E-state index contributed by atoms with van der Waals surface area (Å²) < 4.78 is 69.2. The minimum absolute atomic E-state index is 0.0847. The van der Waals surface area contributed by atoms with Gasteiger partial charge in [0.05, 0.1) is 26.4 Å². The summed E-state index contributed by atoms with van der Waals surface area (Å²) in [5, 5.41) is 10.6. The van der Waals surface area contributed by atoms with E-state index in [-0.39, 0.29) is 32.5 Å². The molecule has 100 heavy (non-hydrogen) atoms. The molecule has 2 unspecified atom stereocenters. The number of unbranched alkanes of at least 4 members (excludes halogenated alkanes) is 30. The fourth-order valence-corrected chi connectivity index (χ4v) is 11.7. The lowest BCUT2D eigenvalue weighted by molar-refractivity contribution is -0.161. The molecular weight excluding hydrogens is 1310 g/mol. The Balaban J connectivity index is 5.35. The van der Waals surface area contributed by atoms with Crippen LogP contribution in [0.1, 0.15) is 316 Å². The molecule has 0 spiro atoms. The van der Waals surface area contributed by atoms with Crippen molar-refractivity contribution in [3.63, 3.8) is 0 Å². The van der Waals surface area contributed by atoms with Gasteiger partial charge in [-0.05, 0) is 161 Å². The van der Waals surface area contributed by atoms with Gasteiger partial charge in [-0.25, -0.2) is 9.13 Å². The van der Waals surface area contributed by atoms with E-state index in [0.29, 0.717) is 38.5 Å². The number of hydrogen-bond donors (Lipinski definition) is 3. The van der Waals surface area contributed by atoms with Crippen LogP contribution in [0.5, 0.6) is 0 Å². The molecule has 0 heterocycles. The topological polar surface area (TPSA) is 237 Å². The van der Waals surface area contributed by atoms with E-state index in [1.54, 1.807) is 0 Å². The summed E-state index contributed by atoms with van der Waals surface area (Å²) in [6.07, 6.45) is 80.0. The van der Waals surface area contributed by atoms with Gasteiger partial charge in [-0.15, -0.1) is 0 Å². The molecule has 19 heteroatoms. The maximum Gasteiger partial charge on any atom is 0.472 e. The highest BCUT2D eigenvalue weighted by Gasteiger charge is 2.30. The largest absolute Gasteiger partial charge is 0.472 e. The van der Waals surface area contributed by atoms with E-state index in [4.69, 9.17) is 37.0 Å². The SMILES string of the molecule is CCCCC/C=C\C/C=C\C/C=C\C/C=C\CCCC(=O)OC[C@H](COP(=O)(O)OC[C@@H](O)COP(=O)(O)OC[C@@H](COC(=O)CCCCCCC/C=C\C/C=C\CCCCC)OC(=O)CCCCCCC/C=C\C/C=C\CCCCC)OCCCCCCC/C=C\CCCCCCC=O. The van der Waals surface area contributed by atoms with Gasteiger partial charge >= 0.3 is 33.6 Å². The first kappa shape index (κ1) is 95.9. The van der Waals surface area contributed by atoms with Gasteiger partial charge in [0.2, 0.25) is 0 Å². The number of phosphoric acid groups is 2. The number of hydrogen-bond acceptors (Lipinski definition) is 15. The second kappa shape index (κ2) is 74.6. The first-order chi connectivity index (χ1) is 48.8. The number of esters is 3. The molecule has 0 aliphatic heterocycles. The lowest BCUT2D eigenvalue weighted by Gasteiger charge is -2.21. The van der Waals surface area contributed by atoms with E-state index < -0.39 is 84.9 Å². The van der Waals surface area contributed by atoms with E-state index in [1.807, 2.05) is 6.08 Å². The number of allylic oxidation sites excluding steroid dienone is 18. The molecule has 0 rings (SSSR count). The van der Waals surface area contributed by atoms with E-state index in [9.17, 15) is 43.2 Å². The van der Waals surface area contributed by atoms with E-state index in [1.165, 1.54) is 57.8 Å². The number of carbonyl (C=O) groups is 4. The summed E-state index contributed by atoms with van der Waals surface area (Å²) in [6, 6.07) is 0. The molecule has 0 aromatic carbocycles. The fourth-order valence-electron chi connectivity index (χ4n) is 10.2. The van der Waals surface area contributed by atoms with Crippen molar-refractivity contribution >= 4 is 39.8 Å². The highest BCUT2D eigenvalue weighted by molar-refractivity contribution is 7.47. The molecule has 576 valence electrons. The van der Waals surface area contributed by atoms with Crippen LogP contribution in [0.3, 0.4) is 0 Å². The van der Waals surface area contributed by atoms with Crippen molar-refractivity contribution in [1.29, 1.82) is 0 Å². The summed E-state index contributed by atoms with van der Waals surface area (Å²) in [4.78, 5) is 70.4. The zero-order valence-electron chi connectivity index (χ0n) is 62.6. The molecule has 3 N–H and O–H groups in total. The minimum atomic E-state index is -4.96. The third kappa shape index (κ3) is 73.6.